The highest BCUT2D eigenvalue weighted by molar-refractivity contribution is 5.72. The molecule has 0 heterocycles. The number of ether oxygens (including phenoxy) is 1. The van der Waals surface area contributed by atoms with Crippen LogP contribution in [0, 0.1) is 0 Å². The Hall–Kier alpha value is -2.20. The van der Waals surface area contributed by atoms with Gasteiger partial charge in [0.15, 0.2) is 6.10 Å². The van der Waals surface area contributed by atoms with Gasteiger partial charge in [0.05, 0.1) is 0 Å². The number of rotatable bonds is 5. The second-order valence-electron chi connectivity index (χ2n) is 3.04. The maximum Gasteiger partial charge on any atom is 0.344 e. The standard InChI is InChI=1S/C10H11N3O3/c1-2-9(10(14)15)16-8-5-3-7(4-6-8)12-13-11/h3-6,9H,2H2,1H3,(H,14,15). The van der Waals surface area contributed by atoms with E-state index in [0.717, 1.165) is 0 Å². The first-order valence-corrected chi connectivity index (χ1v) is 4.72. The van der Waals surface area contributed by atoms with E-state index in [1.165, 1.54) is 0 Å². The monoisotopic (exact) mass is 221 g/mol. The summed E-state index contributed by atoms with van der Waals surface area (Å²) in [5, 5.41) is 12.2. The van der Waals surface area contributed by atoms with Gasteiger partial charge < -0.3 is 9.84 Å². The summed E-state index contributed by atoms with van der Waals surface area (Å²) >= 11 is 0. The van der Waals surface area contributed by atoms with Crippen molar-refractivity contribution in [2.24, 2.45) is 5.11 Å². The first-order valence-electron chi connectivity index (χ1n) is 4.72. The van der Waals surface area contributed by atoms with Gasteiger partial charge in [-0.1, -0.05) is 12.0 Å². The van der Waals surface area contributed by atoms with Gasteiger partial charge in [-0.25, -0.2) is 4.79 Å². The van der Waals surface area contributed by atoms with Gasteiger partial charge >= 0.3 is 5.97 Å². The van der Waals surface area contributed by atoms with Crippen molar-refractivity contribution in [3.63, 3.8) is 0 Å². The largest absolute Gasteiger partial charge is 0.479 e. The fourth-order valence-electron chi connectivity index (χ4n) is 1.12. The summed E-state index contributed by atoms with van der Waals surface area (Å²) in [5.74, 6) is -0.562. The summed E-state index contributed by atoms with van der Waals surface area (Å²) in [6.07, 6.45) is -0.474. The lowest BCUT2D eigenvalue weighted by Gasteiger charge is -2.12. The first-order chi connectivity index (χ1) is 7.67. The van der Waals surface area contributed by atoms with E-state index in [1.54, 1.807) is 31.2 Å². The van der Waals surface area contributed by atoms with Gasteiger partial charge in [-0.15, -0.1) is 0 Å². The molecule has 6 heteroatoms. The Morgan fingerprint density at radius 2 is 2.19 bits per heavy atom. The molecule has 0 aliphatic heterocycles. The molecule has 0 aliphatic carbocycles. The van der Waals surface area contributed by atoms with Crippen LogP contribution in [0.25, 0.3) is 10.4 Å². The van der Waals surface area contributed by atoms with Crippen LogP contribution in [0.3, 0.4) is 0 Å². The van der Waals surface area contributed by atoms with Crippen LogP contribution < -0.4 is 4.74 Å². The number of benzene rings is 1. The number of aliphatic carboxylic acids is 1. The van der Waals surface area contributed by atoms with E-state index >= 15 is 0 Å². The number of carboxylic acids is 1. The molecule has 0 fully saturated rings. The molecule has 0 amide bonds. The van der Waals surface area contributed by atoms with Gasteiger partial charge in [0.25, 0.3) is 0 Å². The van der Waals surface area contributed by atoms with Gasteiger partial charge in [-0.3, -0.25) is 0 Å². The zero-order valence-corrected chi connectivity index (χ0v) is 8.70. The van der Waals surface area contributed by atoms with Crippen LogP contribution in [-0.4, -0.2) is 17.2 Å². The molecule has 0 aliphatic rings. The van der Waals surface area contributed by atoms with Crippen molar-refractivity contribution in [2.75, 3.05) is 0 Å². The Kier molecular flexibility index (Phi) is 4.17. The van der Waals surface area contributed by atoms with Crippen molar-refractivity contribution in [2.45, 2.75) is 19.4 Å². The fraction of sp³-hybridized carbons (Fsp3) is 0.300. The second-order valence-corrected chi connectivity index (χ2v) is 3.04. The third kappa shape index (κ3) is 3.18. The Balaban J connectivity index is 2.74. The molecule has 0 saturated carbocycles. The average Bonchev–Trinajstić information content (AvgIpc) is 2.28. The number of hydrogen-bond acceptors (Lipinski definition) is 3. The van der Waals surface area contributed by atoms with E-state index in [-0.39, 0.29) is 0 Å². The van der Waals surface area contributed by atoms with Gasteiger partial charge in [0.2, 0.25) is 0 Å². The topological polar surface area (TPSA) is 95.3 Å². The summed E-state index contributed by atoms with van der Waals surface area (Å²) in [6.45, 7) is 1.73. The lowest BCUT2D eigenvalue weighted by Crippen LogP contribution is -2.25. The van der Waals surface area contributed by atoms with Gasteiger partial charge in [0, 0.05) is 10.6 Å². The molecule has 1 atom stereocenters. The maximum atomic E-state index is 10.7. The normalized spacial score (nSPS) is 11.3. The van der Waals surface area contributed by atoms with Crippen LogP contribution in [0.1, 0.15) is 13.3 Å². The van der Waals surface area contributed by atoms with Crippen LogP contribution in [0.15, 0.2) is 29.4 Å². The van der Waals surface area contributed by atoms with Gasteiger partial charge in [-0.2, -0.15) is 0 Å². The van der Waals surface area contributed by atoms with Crippen molar-refractivity contribution in [3.8, 4) is 5.75 Å². The minimum absolute atomic E-state index is 0.382. The third-order valence-electron chi connectivity index (χ3n) is 1.92. The molecule has 1 aromatic rings. The van der Waals surface area contributed by atoms with Crippen molar-refractivity contribution in [1.29, 1.82) is 0 Å². The number of hydrogen-bond donors (Lipinski definition) is 1. The summed E-state index contributed by atoms with van der Waals surface area (Å²) in [5.41, 5.74) is 8.65. The van der Waals surface area contributed by atoms with Crippen LogP contribution in [0.5, 0.6) is 5.75 Å². The predicted molar refractivity (Wildman–Crippen MR) is 57.6 cm³/mol. The highest BCUT2D eigenvalue weighted by atomic mass is 16.5. The number of nitrogens with zero attached hydrogens (tertiary/aromatic N) is 3. The van der Waals surface area contributed by atoms with E-state index in [2.05, 4.69) is 10.0 Å². The van der Waals surface area contributed by atoms with Crippen LogP contribution in [0.2, 0.25) is 0 Å². The highest BCUT2D eigenvalue weighted by Crippen LogP contribution is 2.19. The maximum absolute atomic E-state index is 10.7. The molecule has 84 valence electrons. The minimum Gasteiger partial charge on any atom is -0.479 e. The smallest absolute Gasteiger partial charge is 0.344 e. The molecule has 1 unspecified atom stereocenters. The molecule has 1 rings (SSSR count). The fourth-order valence-corrected chi connectivity index (χ4v) is 1.12. The van der Waals surface area contributed by atoms with Crippen molar-refractivity contribution in [1.82, 2.24) is 0 Å². The molecule has 1 N–H and O–H groups in total. The molecule has 6 nitrogen and oxygen atoms in total. The van der Waals surface area contributed by atoms with E-state index in [1.807, 2.05) is 0 Å². The summed E-state index contributed by atoms with van der Waals surface area (Å²) in [4.78, 5) is 13.3. The van der Waals surface area contributed by atoms with Crippen molar-refractivity contribution in [3.05, 3.63) is 34.7 Å². The lowest BCUT2D eigenvalue weighted by atomic mass is 10.2. The molecule has 0 radical (unpaired) electrons. The summed E-state index contributed by atoms with van der Waals surface area (Å²) < 4.78 is 5.22. The van der Waals surface area contributed by atoms with Gasteiger partial charge in [-0.05, 0) is 36.2 Å². The number of azide groups is 1. The molecule has 16 heavy (non-hydrogen) atoms. The number of carboxylic acid groups (broad SMARTS) is 1. The predicted octanol–water partition coefficient (Wildman–Crippen LogP) is 2.87. The van der Waals surface area contributed by atoms with Crippen molar-refractivity contribution >= 4 is 11.7 Å². The van der Waals surface area contributed by atoms with E-state index in [9.17, 15) is 4.79 Å². The minimum atomic E-state index is -0.998. The zero-order valence-electron chi connectivity index (χ0n) is 8.70. The molecule has 0 aromatic heterocycles. The summed E-state index contributed by atoms with van der Waals surface area (Å²) in [7, 11) is 0. The van der Waals surface area contributed by atoms with Crippen LogP contribution in [0.4, 0.5) is 5.69 Å². The van der Waals surface area contributed by atoms with Crippen LogP contribution >= 0.6 is 0 Å². The quantitative estimate of drug-likeness (QED) is 0.470. The number of carbonyl (C=O) groups is 1. The average molecular weight is 221 g/mol. The molecule has 0 saturated heterocycles. The third-order valence-corrected chi connectivity index (χ3v) is 1.92. The Morgan fingerprint density at radius 3 is 2.62 bits per heavy atom. The zero-order chi connectivity index (χ0) is 12.0. The molecular weight excluding hydrogens is 210 g/mol. The molecule has 0 spiro atoms. The molecule has 1 aromatic carbocycles. The Morgan fingerprint density at radius 1 is 1.56 bits per heavy atom. The Bertz CT molecular complexity index is 410. The van der Waals surface area contributed by atoms with E-state index in [4.69, 9.17) is 15.4 Å². The molecular formula is C10H11N3O3. The van der Waals surface area contributed by atoms with E-state index < -0.39 is 12.1 Å². The SMILES string of the molecule is CCC(Oc1ccc(N=[N+]=[N-])cc1)C(=O)O. The van der Waals surface area contributed by atoms with E-state index in [0.29, 0.717) is 17.9 Å². The first kappa shape index (κ1) is 11.9. The van der Waals surface area contributed by atoms with Gasteiger partial charge in [0.1, 0.15) is 5.75 Å². The second kappa shape index (κ2) is 5.63. The van der Waals surface area contributed by atoms with Crippen molar-refractivity contribution < 1.29 is 14.6 Å². The molecule has 0 bridgehead atoms. The summed E-state index contributed by atoms with van der Waals surface area (Å²) in [6, 6.07) is 6.25. The highest BCUT2D eigenvalue weighted by Gasteiger charge is 2.16. The lowest BCUT2D eigenvalue weighted by molar-refractivity contribution is -0.145. The van der Waals surface area contributed by atoms with Crippen LogP contribution in [-0.2, 0) is 4.79 Å². The Labute approximate surface area is 92.1 Å².